The number of rotatable bonds is 7. The minimum absolute atomic E-state index is 0.239. The van der Waals surface area contributed by atoms with Crippen LogP contribution < -0.4 is 14.8 Å². The Labute approximate surface area is 130 Å². The van der Waals surface area contributed by atoms with E-state index < -0.39 is 0 Å². The van der Waals surface area contributed by atoms with Gasteiger partial charge in [-0.05, 0) is 42.8 Å². The second kappa shape index (κ2) is 7.91. The van der Waals surface area contributed by atoms with Gasteiger partial charge in [0.15, 0.2) is 0 Å². The highest BCUT2D eigenvalue weighted by atomic mass is 35.5. The first-order valence-corrected chi connectivity index (χ1v) is 7.32. The van der Waals surface area contributed by atoms with Crippen LogP contribution >= 0.6 is 11.6 Å². The van der Waals surface area contributed by atoms with Crippen LogP contribution in [0.5, 0.6) is 11.5 Å². The van der Waals surface area contributed by atoms with Crippen LogP contribution in [0, 0.1) is 0 Å². The molecule has 0 aromatic heterocycles. The molecule has 4 heteroatoms. The van der Waals surface area contributed by atoms with Crippen LogP contribution in [-0.2, 0) is 0 Å². The highest BCUT2D eigenvalue weighted by molar-refractivity contribution is 6.30. The van der Waals surface area contributed by atoms with Crippen LogP contribution in [-0.4, -0.2) is 20.3 Å². The molecule has 112 valence electrons. The van der Waals surface area contributed by atoms with Gasteiger partial charge in [-0.3, -0.25) is 0 Å². The number of hydrogen-bond donors (Lipinski definition) is 1. The second-order valence-electron chi connectivity index (χ2n) is 4.76. The van der Waals surface area contributed by atoms with Gasteiger partial charge in [0.1, 0.15) is 18.1 Å². The topological polar surface area (TPSA) is 30.5 Å². The quantitative estimate of drug-likeness (QED) is 0.782. The second-order valence-corrected chi connectivity index (χ2v) is 5.19. The summed E-state index contributed by atoms with van der Waals surface area (Å²) in [5.74, 6) is 1.66. The molecule has 1 unspecified atom stereocenters. The molecule has 21 heavy (non-hydrogen) atoms. The van der Waals surface area contributed by atoms with Gasteiger partial charge in [-0.2, -0.15) is 0 Å². The molecule has 0 saturated heterocycles. The average Bonchev–Trinajstić information content (AvgIpc) is 2.51. The third kappa shape index (κ3) is 4.96. The minimum atomic E-state index is 0.239. The Morgan fingerprint density at radius 2 is 1.86 bits per heavy atom. The molecule has 2 rings (SSSR count). The van der Waals surface area contributed by atoms with Gasteiger partial charge in [0.2, 0.25) is 0 Å². The summed E-state index contributed by atoms with van der Waals surface area (Å²) in [5, 5.41) is 4.11. The van der Waals surface area contributed by atoms with Gasteiger partial charge in [-0.15, -0.1) is 0 Å². The summed E-state index contributed by atoms with van der Waals surface area (Å²) in [6, 6.07) is 15.7. The molecule has 3 nitrogen and oxygen atoms in total. The van der Waals surface area contributed by atoms with E-state index in [1.807, 2.05) is 42.5 Å². The van der Waals surface area contributed by atoms with Gasteiger partial charge < -0.3 is 14.8 Å². The van der Waals surface area contributed by atoms with Crippen molar-refractivity contribution in [1.82, 2.24) is 5.32 Å². The summed E-state index contributed by atoms with van der Waals surface area (Å²) in [6.07, 6.45) is 0. The lowest BCUT2D eigenvalue weighted by molar-refractivity contribution is 0.307. The zero-order chi connectivity index (χ0) is 15.1. The van der Waals surface area contributed by atoms with Gasteiger partial charge >= 0.3 is 0 Å². The van der Waals surface area contributed by atoms with Crippen molar-refractivity contribution in [3.05, 3.63) is 59.1 Å². The Hall–Kier alpha value is -1.71. The largest absolute Gasteiger partial charge is 0.497 e. The fourth-order valence-corrected chi connectivity index (χ4v) is 2.21. The van der Waals surface area contributed by atoms with E-state index in [0.29, 0.717) is 11.6 Å². The van der Waals surface area contributed by atoms with Crippen LogP contribution in [0.15, 0.2) is 48.5 Å². The SMILES string of the molecule is COc1cccc(C(C)NCCOc2cccc(Cl)c2)c1. The summed E-state index contributed by atoms with van der Waals surface area (Å²) < 4.78 is 10.9. The van der Waals surface area contributed by atoms with Gasteiger partial charge in [0, 0.05) is 17.6 Å². The molecule has 0 aliphatic rings. The fraction of sp³-hybridized carbons (Fsp3) is 0.294. The van der Waals surface area contributed by atoms with Crippen molar-refractivity contribution in [1.29, 1.82) is 0 Å². The molecule has 2 aromatic carbocycles. The van der Waals surface area contributed by atoms with Crippen molar-refractivity contribution in [3.63, 3.8) is 0 Å². The third-order valence-corrected chi connectivity index (χ3v) is 3.45. The Morgan fingerprint density at radius 1 is 1.10 bits per heavy atom. The van der Waals surface area contributed by atoms with Crippen LogP contribution in [0.1, 0.15) is 18.5 Å². The van der Waals surface area contributed by atoms with Gasteiger partial charge in [-0.25, -0.2) is 0 Å². The zero-order valence-electron chi connectivity index (χ0n) is 12.3. The van der Waals surface area contributed by atoms with Crippen LogP contribution in [0.3, 0.4) is 0 Å². The highest BCUT2D eigenvalue weighted by Gasteiger charge is 2.05. The van der Waals surface area contributed by atoms with Crippen LogP contribution in [0.4, 0.5) is 0 Å². The van der Waals surface area contributed by atoms with Crippen molar-refractivity contribution in [2.45, 2.75) is 13.0 Å². The molecule has 1 atom stereocenters. The van der Waals surface area contributed by atoms with Crippen molar-refractivity contribution in [2.24, 2.45) is 0 Å². The molecule has 0 heterocycles. The number of benzene rings is 2. The first-order valence-electron chi connectivity index (χ1n) is 6.95. The fourth-order valence-electron chi connectivity index (χ4n) is 2.03. The maximum atomic E-state index is 5.91. The molecule has 0 aliphatic carbocycles. The van der Waals surface area contributed by atoms with E-state index in [9.17, 15) is 0 Å². The van der Waals surface area contributed by atoms with Crippen LogP contribution in [0.25, 0.3) is 0 Å². The molecular formula is C17H20ClNO2. The number of methoxy groups -OCH3 is 1. The maximum absolute atomic E-state index is 5.91. The molecule has 1 N–H and O–H groups in total. The number of hydrogen-bond acceptors (Lipinski definition) is 3. The monoisotopic (exact) mass is 305 g/mol. The standard InChI is InChI=1S/C17H20ClNO2/c1-13(14-5-3-7-16(11-14)20-2)19-9-10-21-17-8-4-6-15(18)12-17/h3-8,11-13,19H,9-10H2,1-2H3. The van der Waals surface area contributed by atoms with Crippen molar-refractivity contribution >= 4 is 11.6 Å². The summed E-state index contributed by atoms with van der Waals surface area (Å²) >= 11 is 5.91. The van der Waals surface area contributed by atoms with Crippen molar-refractivity contribution < 1.29 is 9.47 Å². The number of ether oxygens (including phenoxy) is 2. The minimum Gasteiger partial charge on any atom is -0.497 e. The zero-order valence-corrected chi connectivity index (χ0v) is 13.1. The average molecular weight is 306 g/mol. The molecule has 0 bridgehead atoms. The molecule has 0 spiro atoms. The van der Waals surface area contributed by atoms with E-state index in [0.717, 1.165) is 18.0 Å². The summed E-state index contributed by atoms with van der Waals surface area (Å²) in [7, 11) is 1.68. The van der Waals surface area contributed by atoms with Crippen LogP contribution in [0.2, 0.25) is 5.02 Å². The normalized spacial score (nSPS) is 12.0. The van der Waals surface area contributed by atoms with Crippen molar-refractivity contribution in [3.8, 4) is 11.5 Å². The molecular weight excluding hydrogens is 286 g/mol. The summed E-state index contributed by atoms with van der Waals surface area (Å²) in [4.78, 5) is 0. The molecule has 0 fully saturated rings. The van der Waals surface area contributed by atoms with Gasteiger partial charge in [0.05, 0.1) is 7.11 Å². The highest BCUT2D eigenvalue weighted by Crippen LogP contribution is 2.19. The number of nitrogens with one attached hydrogen (secondary N) is 1. The Balaban J connectivity index is 1.77. The first kappa shape index (κ1) is 15.7. The van der Waals surface area contributed by atoms with Crippen molar-refractivity contribution in [2.75, 3.05) is 20.3 Å². The van der Waals surface area contributed by atoms with E-state index in [2.05, 4.69) is 18.3 Å². The van der Waals surface area contributed by atoms with E-state index in [-0.39, 0.29) is 6.04 Å². The molecule has 0 amide bonds. The maximum Gasteiger partial charge on any atom is 0.120 e. The number of halogens is 1. The Kier molecular flexibility index (Phi) is 5.90. The lowest BCUT2D eigenvalue weighted by Gasteiger charge is -2.15. The Morgan fingerprint density at radius 3 is 2.62 bits per heavy atom. The lowest BCUT2D eigenvalue weighted by atomic mass is 10.1. The van der Waals surface area contributed by atoms with E-state index in [1.165, 1.54) is 5.56 Å². The molecule has 0 saturated carbocycles. The Bertz CT molecular complexity index is 574. The van der Waals surface area contributed by atoms with E-state index in [1.54, 1.807) is 7.11 Å². The molecule has 0 aliphatic heterocycles. The van der Waals surface area contributed by atoms with Gasteiger partial charge in [-0.1, -0.05) is 29.8 Å². The third-order valence-electron chi connectivity index (χ3n) is 3.21. The molecule has 0 radical (unpaired) electrons. The lowest BCUT2D eigenvalue weighted by Crippen LogP contribution is -2.24. The smallest absolute Gasteiger partial charge is 0.120 e. The summed E-state index contributed by atoms with van der Waals surface area (Å²) in [5.41, 5.74) is 1.19. The first-order chi connectivity index (χ1) is 10.2. The molecule has 2 aromatic rings. The van der Waals surface area contributed by atoms with E-state index in [4.69, 9.17) is 21.1 Å². The predicted molar refractivity (Wildman–Crippen MR) is 86.4 cm³/mol. The summed E-state index contributed by atoms with van der Waals surface area (Å²) in [6.45, 7) is 3.47. The van der Waals surface area contributed by atoms with Gasteiger partial charge in [0.25, 0.3) is 0 Å². The predicted octanol–water partition coefficient (Wildman–Crippen LogP) is 4.08. The van der Waals surface area contributed by atoms with E-state index >= 15 is 0 Å².